The molecule has 0 fully saturated rings. The minimum atomic E-state index is 0.349. The molecule has 0 saturated heterocycles. The number of hydrogen-bond donors (Lipinski definition) is 2. The van der Waals surface area contributed by atoms with E-state index in [1.807, 2.05) is 12.1 Å². The normalized spacial score (nSPS) is 12.2. The summed E-state index contributed by atoms with van der Waals surface area (Å²) >= 11 is 0. The summed E-state index contributed by atoms with van der Waals surface area (Å²) < 4.78 is 5.15. The smallest absolute Gasteiger partial charge is 0.127 e. The van der Waals surface area contributed by atoms with Crippen molar-refractivity contribution in [3.05, 3.63) is 18.3 Å². The van der Waals surface area contributed by atoms with Crippen molar-refractivity contribution in [3.63, 3.8) is 0 Å². The summed E-state index contributed by atoms with van der Waals surface area (Å²) in [5.74, 6) is 0.903. The Morgan fingerprint density at radius 1 is 1.44 bits per heavy atom. The van der Waals surface area contributed by atoms with E-state index in [0.717, 1.165) is 31.1 Å². The van der Waals surface area contributed by atoms with Crippen molar-refractivity contribution in [2.24, 2.45) is 0 Å². The van der Waals surface area contributed by atoms with Crippen molar-refractivity contribution < 1.29 is 4.74 Å². The van der Waals surface area contributed by atoms with E-state index in [1.54, 1.807) is 13.3 Å². The highest BCUT2D eigenvalue weighted by Crippen LogP contribution is 2.13. The Labute approximate surface area is 97.4 Å². The van der Waals surface area contributed by atoms with Crippen LogP contribution in [0.2, 0.25) is 0 Å². The Balaban J connectivity index is 2.60. The molecule has 0 aliphatic heterocycles. The third-order valence-corrected chi connectivity index (χ3v) is 2.35. The predicted octanol–water partition coefficient (Wildman–Crippen LogP) is 2.35. The summed E-state index contributed by atoms with van der Waals surface area (Å²) in [5.41, 5.74) is 1.08. The standard InChI is InChI=1S/C12H21N3O/c1-4-10(9-16-3)15-11-6-7-14-12(8-11)13-5-2/h6-8,10H,4-5,9H2,1-3H3,(H2,13,14,15). The highest BCUT2D eigenvalue weighted by atomic mass is 16.5. The molecule has 4 heteroatoms. The number of rotatable bonds is 7. The molecule has 0 saturated carbocycles. The van der Waals surface area contributed by atoms with E-state index in [2.05, 4.69) is 29.5 Å². The zero-order valence-electron chi connectivity index (χ0n) is 10.3. The van der Waals surface area contributed by atoms with Gasteiger partial charge in [0.15, 0.2) is 0 Å². The van der Waals surface area contributed by atoms with E-state index >= 15 is 0 Å². The van der Waals surface area contributed by atoms with Gasteiger partial charge in [-0.15, -0.1) is 0 Å². The molecule has 0 bridgehead atoms. The van der Waals surface area contributed by atoms with E-state index < -0.39 is 0 Å². The molecule has 0 aliphatic rings. The molecule has 2 N–H and O–H groups in total. The highest BCUT2D eigenvalue weighted by molar-refractivity contribution is 5.52. The van der Waals surface area contributed by atoms with Crippen molar-refractivity contribution in [2.75, 3.05) is 30.9 Å². The fourth-order valence-electron chi connectivity index (χ4n) is 1.50. The molecule has 0 aromatic carbocycles. The number of aromatic nitrogens is 1. The van der Waals surface area contributed by atoms with Gasteiger partial charge in [-0.3, -0.25) is 0 Å². The van der Waals surface area contributed by atoms with Gasteiger partial charge in [-0.25, -0.2) is 4.98 Å². The molecule has 4 nitrogen and oxygen atoms in total. The lowest BCUT2D eigenvalue weighted by Gasteiger charge is -2.17. The van der Waals surface area contributed by atoms with Crippen LogP contribution in [0.3, 0.4) is 0 Å². The molecule has 1 aromatic rings. The Hall–Kier alpha value is -1.29. The Bertz CT molecular complexity index is 304. The van der Waals surface area contributed by atoms with E-state index in [-0.39, 0.29) is 0 Å². The lowest BCUT2D eigenvalue weighted by atomic mass is 10.2. The Morgan fingerprint density at radius 2 is 2.25 bits per heavy atom. The van der Waals surface area contributed by atoms with Crippen LogP contribution in [-0.2, 0) is 4.74 Å². The molecule has 0 spiro atoms. The average molecular weight is 223 g/mol. The average Bonchev–Trinajstić information content (AvgIpc) is 2.29. The molecule has 0 radical (unpaired) electrons. The molecule has 1 aromatic heterocycles. The second-order valence-corrected chi connectivity index (χ2v) is 3.66. The SMILES string of the molecule is CCNc1cc(NC(CC)COC)ccn1. The van der Waals surface area contributed by atoms with Crippen LogP contribution in [0, 0.1) is 0 Å². The van der Waals surface area contributed by atoms with Crippen LogP contribution in [0.15, 0.2) is 18.3 Å². The lowest BCUT2D eigenvalue weighted by Crippen LogP contribution is -2.23. The van der Waals surface area contributed by atoms with Crippen LogP contribution >= 0.6 is 0 Å². The number of pyridine rings is 1. The first-order valence-corrected chi connectivity index (χ1v) is 5.75. The molecular formula is C12H21N3O. The quantitative estimate of drug-likeness (QED) is 0.745. The van der Waals surface area contributed by atoms with Crippen LogP contribution in [0.25, 0.3) is 0 Å². The first kappa shape index (κ1) is 12.8. The van der Waals surface area contributed by atoms with Crippen LogP contribution < -0.4 is 10.6 Å². The minimum Gasteiger partial charge on any atom is -0.383 e. The summed E-state index contributed by atoms with van der Waals surface area (Å²) in [4.78, 5) is 4.23. The monoisotopic (exact) mass is 223 g/mol. The van der Waals surface area contributed by atoms with Gasteiger partial charge in [0.1, 0.15) is 5.82 Å². The number of nitrogens with zero attached hydrogens (tertiary/aromatic N) is 1. The summed E-state index contributed by atoms with van der Waals surface area (Å²) in [6.45, 7) is 5.80. The zero-order chi connectivity index (χ0) is 11.8. The van der Waals surface area contributed by atoms with Crippen LogP contribution in [0.1, 0.15) is 20.3 Å². The van der Waals surface area contributed by atoms with Gasteiger partial charge in [0, 0.05) is 37.6 Å². The van der Waals surface area contributed by atoms with Gasteiger partial charge in [-0.2, -0.15) is 0 Å². The van der Waals surface area contributed by atoms with Gasteiger partial charge in [-0.05, 0) is 19.4 Å². The lowest BCUT2D eigenvalue weighted by molar-refractivity contribution is 0.184. The number of anilines is 2. The van der Waals surface area contributed by atoms with E-state index in [1.165, 1.54) is 0 Å². The van der Waals surface area contributed by atoms with Crippen LogP contribution in [0.5, 0.6) is 0 Å². The maximum absolute atomic E-state index is 5.15. The molecule has 0 amide bonds. The Morgan fingerprint density at radius 3 is 2.88 bits per heavy atom. The summed E-state index contributed by atoms with van der Waals surface area (Å²) in [6.07, 6.45) is 2.84. The molecule has 90 valence electrons. The van der Waals surface area contributed by atoms with E-state index in [9.17, 15) is 0 Å². The maximum atomic E-state index is 5.15. The minimum absolute atomic E-state index is 0.349. The Kier molecular flexibility index (Phi) is 5.64. The molecule has 1 rings (SSSR count). The molecule has 1 heterocycles. The second-order valence-electron chi connectivity index (χ2n) is 3.66. The van der Waals surface area contributed by atoms with Gasteiger partial charge in [0.2, 0.25) is 0 Å². The first-order chi connectivity index (χ1) is 7.80. The van der Waals surface area contributed by atoms with Crippen LogP contribution in [0.4, 0.5) is 11.5 Å². The van der Waals surface area contributed by atoms with Crippen molar-refractivity contribution in [1.29, 1.82) is 0 Å². The molecule has 1 atom stereocenters. The summed E-state index contributed by atoms with van der Waals surface area (Å²) in [6, 6.07) is 4.34. The zero-order valence-corrected chi connectivity index (χ0v) is 10.3. The van der Waals surface area contributed by atoms with Gasteiger partial charge < -0.3 is 15.4 Å². The predicted molar refractivity (Wildman–Crippen MR) is 68.0 cm³/mol. The fourth-order valence-corrected chi connectivity index (χ4v) is 1.50. The van der Waals surface area contributed by atoms with E-state index in [0.29, 0.717) is 6.04 Å². The second kappa shape index (κ2) is 7.06. The molecular weight excluding hydrogens is 202 g/mol. The third kappa shape index (κ3) is 4.06. The van der Waals surface area contributed by atoms with Crippen molar-refractivity contribution in [3.8, 4) is 0 Å². The van der Waals surface area contributed by atoms with Crippen molar-refractivity contribution in [2.45, 2.75) is 26.3 Å². The molecule has 0 aliphatic carbocycles. The molecule has 1 unspecified atom stereocenters. The molecule has 16 heavy (non-hydrogen) atoms. The van der Waals surface area contributed by atoms with Gasteiger partial charge >= 0.3 is 0 Å². The maximum Gasteiger partial charge on any atom is 0.127 e. The largest absolute Gasteiger partial charge is 0.383 e. The van der Waals surface area contributed by atoms with Gasteiger partial charge in [0.25, 0.3) is 0 Å². The number of nitrogens with one attached hydrogen (secondary N) is 2. The van der Waals surface area contributed by atoms with Crippen molar-refractivity contribution in [1.82, 2.24) is 4.98 Å². The highest BCUT2D eigenvalue weighted by Gasteiger charge is 2.05. The van der Waals surface area contributed by atoms with Crippen molar-refractivity contribution >= 4 is 11.5 Å². The summed E-state index contributed by atoms with van der Waals surface area (Å²) in [7, 11) is 1.72. The number of ether oxygens (including phenoxy) is 1. The fraction of sp³-hybridized carbons (Fsp3) is 0.583. The number of hydrogen-bond acceptors (Lipinski definition) is 4. The van der Waals surface area contributed by atoms with Crippen LogP contribution in [-0.4, -0.2) is 31.3 Å². The third-order valence-electron chi connectivity index (χ3n) is 2.35. The first-order valence-electron chi connectivity index (χ1n) is 5.75. The topological polar surface area (TPSA) is 46.2 Å². The van der Waals surface area contributed by atoms with E-state index in [4.69, 9.17) is 4.74 Å². The summed E-state index contributed by atoms with van der Waals surface area (Å²) in [5, 5.41) is 6.61. The number of methoxy groups -OCH3 is 1. The van der Waals surface area contributed by atoms with Gasteiger partial charge in [-0.1, -0.05) is 6.92 Å². The van der Waals surface area contributed by atoms with Gasteiger partial charge in [0.05, 0.1) is 6.61 Å².